The fourth-order valence-electron chi connectivity index (χ4n) is 2.37. The highest BCUT2D eigenvalue weighted by Crippen LogP contribution is 2.28. The Morgan fingerprint density at radius 1 is 1.42 bits per heavy atom. The average molecular weight is 284 g/mol. The number of hydrogen-bond donors (Lipinski definition) is 1. The summed E-state index contributed by atoms with van der Waals surface area (Å²) < 4.78 is 0. The molecule has 3 nitrogen and oxygen atoms in total. The lowest BCUT2D eigenvalue weighted by molar-refractivity contribution is -0.137. The van der Waals surface area contributed by atoms with Gasteiger partial charge in [-0.15, -0.1) is 0 Å². The van der Waals surface area contributed by atoms with Gasteiger partial charge in [0.1, 0.15) is 0 Å². The van der Waals surface area contributed by atoms with Gasteiger partial charge in [0, 0.05) is 23.7 Å². The van der Waals surface area contributed by atoms with E-state index in [1.165, 1.54) is 0 Å². The van der Waals surface area contributed by atoms with Crippen LogP contribution in [0.3, 0.4) is 0 Å². The summed E-state index contributed by atoms with van der Waals surface area (Å²) in [7, 11) is 0. The second kappa shape index (κ2) is 7.51. The third-order valence-electron chi connectivity index (χ3n) is 3.27. The standard InChI is InChI=1S/C15H22ClNO2/c1-4-14(12-6-5-7-13(16)10-12)17(11(2)3)9-8-15(18)19/h5-7,10-11,14H,4,8-9H2,1-3H3,(H,18,19). The maximum Gasteiger partial charge on any atom is 0.304 e. The number of carbonyl (C=O) groups is 1. The molecule has 1 atom stereocenters. The first-order valence-electron chi connectivity index (χ1n) is 6.68. The molecule has 0 spiro atoms. The zero-order chi connectivity index (χ0) is 14.4. The number of hydrogen-bond acceptors (Lipinski definition) is 2. The molecule has 0 aliphatic heterocycles. The molecule has 4 heteroatoms. The Hall–Kier alpha value is -1.06. The zero-order valence-electron chi connectivity index (χ0n) is 11.8. The summed E-state index contributed by atoms with van der Waals surface area (Å²) in [5.41, 5.74) is 1.15. The van der Waals surface area contributed by atoms with E-state index in [4.69, 9.17) is 16.7 Å². The first-order valence-corrected chi connectivity index (χ1v) is 7.06. The molecule has 0 amide bonds. The molecule has 1 N–H and O–H groups in total. The molecule has 0 fully saturated rings. The van der Waals surface area contributed by atoms with E-state index in [0.717, 1.165) is 17.0 Å². The van der Waals surface area contributed by atoms with Gasteiger partial charge in [-0.25, -0.2) is 0 Å². The van der Waals surface area contributed by atoms with Gasteiger partial charge < -0.3 is 5.11 Å². The van der Waals surface area contributed by atoms with E-state index in [1.54, 1.807) is 0 Å². The molecule has 19 heavy (non-hydrogen) atoms. The van der Waals surface area contributed by atoms with Crippen molar-refractivity contribution < 1.29 is 9.90 Å². The molecule has 0 radical (unpaired) electrons. The Labute approximate surface area is 120 Å². The van der Waals surface area contributed by atoms with Crippen LogP contribution in [0.1, 0.15) is 45.2 Å². The van der Waals surface area contributed by atoms with Crippen LogP contribution in [-0.4, -0.2) is 28.6 Å². The fourth-order valence-corrected chi connectivity index (χ4v) is 2.57. The molecule has 106 valence electrons. The Morgan fingerprint density at radius 2 is 2.11 bits per heavy atom. The van der Waals surface area contributed by atoms with Gasteiger partial charge in [0.2, 0.25) is 0 Å². The van der Waals surface area contributed by atoms with Crippen LogP contribution in [0.25, 0.3) is 0 Å². The van der Waals surface area contributed by atoms with Crippen molar-refractivity contribution in [2.45, 2.75) is 45.7 Å². The number of carboxylic acids is 1. The van der Waals surface area contributed by atoms with E-state index in [9.17, 15) is 4.79 Å². The summed E-state index contributed by atoms with van der Waals surface area (Å²) in [6.45, 7) is 6.85. The van der Waals surface area contributed by atoms with Gasteiger partial charge in [-0.3, -0.25) is 9.69 Å². The van der Waals surface area contributed by atoms with Gasteiger partial charge in [0.25, 0.3) is 0 Å². The molecule has 1 aromatic rings. The largest absolute Gasteiger partial charge is 0.481 e. The van der Waals surface area contributed by atoms with Crippen molar-refractivity contribution in [2.24, 2.45) is 0 Å². The first kappa shape index (κ1) is 16.0. The van der Waals surface area contributed by atoms with E-state index >= 15 is 0 Å². The van der Waals surface area contributed by atoms with Crippen LogP contribution >= 0.6 is 11.6 Å². The van der Waals surface area contributed by atoms with Gasteiger partial charge in [-0.1, -0.05) is 30.7 Å². The average Bonchev–Trinajstić information content (AvgIpc) is 2.33. The number of carboxylic acid groups (broad SMARTS) is 1. The number of aliphatic carboxylic acids is 1. The van der Waals surface area contributed by atoms with Gasteiger partial charge >= 0.3 is 5.97 Å². The van der Waals surface area contributed by atoms with Gasteiger partial charge in [-0.2, -0.15) is 0 Å². The predicted octanol–water partition coefficient (Wildman–Crippen LogP) is 3.98. The molecule has 0 saturated heterocycles. The Kier molecular flexibility index (Phi) is 6.32. The number of nitrogens with zero attached hydrogens (tertiary/aromatic N) is 1. The third kappa shape index (κ3) is 4.84. The van der Waals surface area contributed by atoms with Crippen molar-refractivity contribution in [3.8, 4) is 0 Å². The maximum atomic E-state index is 10.8. The van der Waals surface area contributed by atoms with E-state index in [2.05, 4.69) is 31.7 Å². The van der Waals surface area contributed by atoms with Crippen LogP contribution in [-0.2, 0) is 4.79 Å². The van der Waals surface area contributed by atoms with Crippen molar-refractivity contribution >= 4 is 17.6 Å². The lowest BCUT2D eigenvalue weighted by atomic mass is 10.0. The van der Waals surface area contributed by atoms with Crippen molar-refractivity contribution in [3.63, 3.8) is 0 Å². The Morgan fingerprint density at radius 3 is 2.58 bits per heavy atom. The lowest BCUT2D eigenvalue weighted by Crippen LogP contribution is -2.36. The zero-order valence-corrected chi connectivity index (χ0v) is 12.5. The molecule has 0 bridgehead atoms. The quantitative estimate of drug-likeness (QED) is 0.823. The highest BCUT2D eigenvalue weighted by Gasteiger charge is 2.22. The summed E-state index contributed by atoms with van der Waals surface area (Å²) in [5, 5.41) is 9.59. The Bertz CT molecular complexity index is 420. The van der Waals surface area contributed by atoms with Gasteiger partial charge in [0.05, 0.1) is 6.42 Å². The Balaban J connectivity index is 2.92. The topological polar surface area (TPSA) is 40.5 Å². The van der Waals surface area contributed by atoms with Gasteiger partial charge in [-0.05, 0) is 38.0 Å². The highest BCUT2D eigenvalue weighted by molar-refractivity contribution is 6.30. The summed E-state index contributed by atoms with van der Waals surface area (Å²) in [6.07, 6.45) is 1.09. The summed E-state index contributed by atoms with van der Waals surface area (Å²) in [6, 6.07) is 8.31. The normalized spacial score (nSPS) is 12.9. The van der Waals surface area contributed by atoms with Crippen molar-refractivity contribution in [1.82, 2.24) is 4.90 Å². The number of rotatable bonds is 7. The number of halogens is 1. The van der Waals surface area contributed by atoms with Crippen molar-refractivity contribution in [3.05, 3.63) is 34.9 Å². The van der Waals surface area contributed by atoms with E-state index < -0.39 is 5.97 Å². The maximum absolute atomic E-state index is 10.8. The molecule has 0 saturated carbocycles. The highest BCUT2D eigenvalue weighted by atomic mass is 35.5. The lowest BCUT2D eigenvalue weighted by Gasteiger charge is -2.34. The van der Waals surface area contributed by atoms with E-state index in [0.29, 0.717) is 12.6 Å². The molecule has 0 heterocycles. The van der Waals surface area contributed by atoms with Crippen molar-refractivity contribution in [1.29, 1.82) is 0 Å². The smallest absolute Gasteiger partial charge is 0.304 e. The van der Waals surface area contributed by atoms with Crippen LogP contribution in [0, 0.1) is 0 Å². The van der Waals surface area contributed by atoms with Crippen LogP contribution < -0.4 is 0 Å². The molecular formula is C15H22ClNO2. The van der Waals surface area contributed by atoms with E-state index in [-0.39, 0.29) is 12.5 Å². The molecule has 1 rings (SSSR count). The third-order valence-corrected chi connectivity index (χ3v) is 3.50. The second-order valence-electron chi connectivity index (χ2n) is 4.95. The predicted molar refractivity (Wildman–Crippen MR) is 78.6 cm³/mol. The van der Waals surface area contributed by atoms with Crippen molar-refractivity contribution in [2.75, 3.05) is 6.54 Å². The van der Waals surface area contributed by atoms with Crippen LogP contribution in [0.2, 0.25) is 5.02 Å². The van der Waals surface area contributed by atoms with Crippen LogP contribution in [0.4, 0.5) is 0 Å². The summed E-state index contributed by atoms with van der Waals surface area (Å²) >= 11 is 6.05. The monoisotopic (exact) mass is 283 g/mol. The van der Waals surface area contributed by atoms with Crippen LogP contribution in [0.5, 0.6) is 0 Å². The molecule has 0 aliphatic rings. The summed E-state index contributed by atoms with van der Waals surface area (Å²) in [5.74, 6) is -0.758. The molecular weight excluding hydrogens is 262 g/mol. The molecule has 1 unspecified atom stereocenters. The molecule has 1 aromatic carbocycles. The minimum absolute atomic E-state index is 0.162. The van der Waals surface area contributed by atoms with E-state index in [1.807, 2.05) is 18.2 Å². The summed E-state index contributed by atoms with van der Waals surface area (Å²) in [4.78, 5) is 13.0. The van der Waals surface area contributed by atoms with Crippen LogP contribution in [0.15, 0.2) is 24.3 Å². The number of benzene rings is 1. The SMILES string of the molecule is CCC(c1cccc(Cl)c1)N(CCC(=O)O)C(C)C. The minimum atomic E-state index is -0.758. The van der Waals surface area contributed by atoms with Gasteiger partial charge in [0.15, 0.2) is 0 Å². The second-order valence-corrected chi connectivity index (χ2v) is 5.39. The first-order chi connectivity index (χ1) is 8.95. The molecule has 0 aliphatic carbocycles. The fraction of sp³-hybridized carbons (Fsp3) is 0.533. The minimum Gasteiger partial charge on any atom is -0.481 e. The molecule has 0 aromatic heterocycles.